The van der Waals surface area contributed by atoms with Gasteiger partial charge in [0, 0.05) is 18.2 Å². The van der Waals surface area contributed by atoms with E-state index in [2.05, 4.69) is 15.0 Å². The molecular weight excluding hydrogens is 337 g/mol. The van der Waals surface area contributed by atoms with E-state index in [1.54, 1.807) is 30.3 Å². The first kappa shape index (κ1) is 17.2. The Labute approximate surface area is 141 Å². The van der Waals surface area contributed by atoms with E-state index in [1.807, 2.05) is 12.1 Å². The second-order valence-electron chi connectivity index (χ2n) is 5.63. The van der Waals surface area contributed by atoms with Crippen LogP contribution in [0.1, 0.15) is 23.2 Å². The van der Waals surface area contributed by atoms with Crippen molar-refractivity contribution in [3.63, 3.8) is 0 Å². The molecule has 1 atom stereocenters. The third-order valence-corrected chi connectivity index (χ3v) is 3.82. The lowest BCUT2D eigenvalue weighted by molar-refractivity contribution is -0.355. The minimum atomic E-state index is -4.91. The van der Waals surface area contributed by atoms with Crippen molar-refractivity contribution in [2.45, 2.75) is 24.8 Å². The Kier molecular flexibility index (Phi) is 4.38. The molecule has 0 aliphatic carbocycles. The smallest absolute Gasteiger partial charge is 0.458 e. The monoisotopic (exact) mass is 352 g/mol. The molecule has 0 radical (unpaired) electrons. The van der Waals surface area contributed by atoms with Crippen molar-refractivity contribution in [2.24, 2.45) is 5.16 Å². The summed E-state index contributed by atoms with van der Waals surface area (Å²) in [6.45, 7) is 0. The molecule has 1 aromatic heterocycles. The quantitative estimate of drug-likeness (QED) is 0.919. The number of ether oxygens (including phenoxy) is 1. The molecule has 1 aromatic carbocycles. The fraction of sp³-hybridized carbons (Fsp3) is 0.294. The highest BCUT2D eigenvalue weighted by Gasteiger charge is 2.60. The van der Waals surface area contributed by atoms with Crippen LogP contribution in [0.2, 0.25) is 0 Å². The largest absolute Gasteiger partial charge is 0.481 e. The standard InChI is InChI=1S/C17H15F3N2O3/c1-24-15-4-2-3-13(21-15)9-11-5-7-12(8-6-11)14-10-16(23,25-22-14)17(18,19)20/h2-8,23H,9-10H2,1H3. The molecule has 8 heteroatoms. The first-order valence-electron chi connectivity index (χ1n) is 7.44. The van der Waals surface area contributed by atoms with Gasteiger partial charge in [0.1, 0.15) is 0 Å². The highest BCUT2D eigenvalue weighted by atomic mass is 19.4. The van der Waals surface area contributed by atoms with Gasteiger partial charge in [-0.05, 0) is 17.2 Å². The zero-order valence-electron chi connectivity index (χ0n) is 13.2. The lowest BCUT2D eigenvalue weighted by atomic mass is 10.00. The van der Waals surface area contributed by atoms with Gasteiger partial charge < -0.3 is 14.7 Å². The van der Waals surface area contributed by atoms with Crippen LogP contribution in [0.3, 0.4) is 0 Å². The summed E-state index contributed by atoms with van der Waals surface area (Å²) in [7, 11) is 1.54. The first-order chi connectivity index (χ1) is 11.8. The van der Waals surface area contributed by atoms with Gasteiger partial charge in [-0.2, -0.15) is 13.2 Å². The fourth-order valence-corrected chi connectivity index (χ4v) is 2.42. The second-order valence-corrected chi connectivity index (χ2v) is 5.63. The summed E-state index contributed by atoms with van der Waals surface area (Å²) in [5.41, 5.74) is 2.24. The van der Waals surface area contributed by atoms with Crippen LogP contribution in [-0.2, 0) is 11.3 Å². The van der Waals surface area contributed by atoms with Crippen molar-refractivity contribution in [3.8, 4) is 5.88 Å². The molecule has 132 valence electrons. The van der Waals surface area contributed by atoms with Crippen molar-refractivity contribution in [2.75, 3.05) is 7.11 Å². The van der Waals surface area contributed by atoms with Gasteiger partial charge in [0.25, 0.3) is 0 Å². The summed E-state index contributed by atoms with van der Waals surface area (Å²) >= 11 is 0. The summed E-state index contributed by atoms with van der Waals surface area (Å²) in [6, 6.07) is 12.2. The zero-order valence-corrected chi connectivity index (χ0v) is 13.2. The Hall–Kier alpha value is -2.61. The van der Waals surface area contributed by atoms with E-state index in [-0.39, 0.29) is 5.71 Å². The number of aromatic nitrogens is 1. The third-order valence-electron chi connectivity index (χ3n) is 3.82. The summed E-state index contributed by atoms with van der Waals surface area (Å²) in [6.07, 6.45) is -5.10. The number of oxime groups is 1. The minimum absolute atomic E-state index is 0.0471. The maximum absolute atomic E-state index is 12.7. The Morgan fingerprint density at radius 1 is 1.20 bits per heavy atom. The zero-order chi connectivity index (χ0) is 18.1. The lowest BCUT2D eigenvalue weighted by Crippen LogP contribution is -2.45. The highest BCUT2D eigenvalue weighted by molar-refractivity contribution is 6.01. The van der Waals surface area contributed by atoms with E-state index in [9.17, 15) is 18.3 Å². The number of nitrogens with zero attached hydrogens (tertiary/aromatic N) is 2. The van der Waals surface area contributed by atoms with Crippen LogP contribution in [0.4, 0.5) is 13.2 Å². The molecule has 0 saturated carbocycles. The third kappa shape index (κ3) is 3.58. The van der Waals surface area contributed by atoms with E-state index in [0.29, 0.717) is 17.9 Å². The van der Waals surface area contributed by atoms with Crippen LogP contribution >= 0.6 is 0 Å². The van der Waals surface area contributed by atoms with E-state index in [4.69, 9.17) is 4.74 Å². The average molecular weight is 352 g/mol. The summed E-state index contributed by atoms with van der Waals surface area (Å²) in [5.74, 6) is -2.75. The number of pyridine rings is 1. The normalized spacial score (nSPS) is 20.1. The van der Waals surface area contributed by atoms with Gasteiger partial charge >= 0.3 is 12.0 Å². The molecule has 25 heavy (non-hydrogen) atoms. The predicted octanol–water partition coefficient (Wildman–Crippen LogP) is 3.06. The number of rotatable bonds is 4. The van der Waals surface area contributed by atoms with Gasteiger partial charge in [-0.1, -0.05) is 35.5 Å². The van der Waals surface area contributed by atoms with Gasteiger partial charge in [0.15, 0.2) is 0 Å². The molecule has 0 spiro atoms. The molecule has 5 nitrogen and oxygen atoms in total. The topological polar surface area (TPSA) is 63.9 Å². The maximum Gasteiger partial charge on any atom is 0.458 e. The molecular formula is C17H15F3N2O3. The number of halogens is 3. The van der Waals surface area contributed by atoms with Crippen molar-refractivity contribution < 1.29 is 27.9 Å². The molecule has 0 fully saturated rings. The lowest BCUT2D eigenvalue weighted by Gasteiger charge is -2.22. The molecule has 1 unspecified atom stereocenters. The van der Waals surface area contributed by atoms with Gasteiger partial charge in [0.05, 0.1) is 19.2 Å². The minimum Gasteiger partial charge on any atom is -0.481 e. The Balaban J connectivity index is 1.71. The van der Waals surface area contributed by atoms with Crippen LogP contribution in [0.15, 0.2) is 47.6 Å². The van der Waals surface area contributed by atoms with Gasteiger partial charge in [-0.3, -0.25) is 0 Å². The molecule has 2 aromatic rings. The SMILES string of the molecule is COc1cccc(Cc2ccc(C3=NOC(O)(C(F)(F)F)C3)cc2)n1. The average Bonchev–Trinajstić information content (AvgIpc) is 2.99. The van der Waals surface area contributed by atoms with Crippen LogP contribution in [0.5, 0.6) is 5.88 Å². The molecule has 0 bridgehead atoms. The molecule has 0 saturated heterocycles. The fourth-order valence-electron chi connectivity index (χ4n) is 2.42. The van der Waals surface area contributed by atoms with E-state index in [0.717, 1.165) is 11.3 Å². The van der Waals surface area contributed by atoms with Crippen LogP contribution in [0, 0.1) is 0 Å². The van der Waals surface area contributed by atoms with Crippen molar-refractivity contribution in [3.05, 3.63) is 59.3 Å². The Morgan fingerprint density at radius 3 is 2.52 bits per heavy atom. The van der Waals surface area contributed by atoms with Crippen LogP contribution in [0.25, 0.3) is 0 Å². The number of alkyl halides is 3. The van der Waals surface area contributed by atoms with E-state index < -0.39 is 18.4 Å². The first-order valence-corrected chi connectivity index (χ1v) is 7.44. The maximum atomic E-state index is 12.7. The number of hydrogen-bond donors (Lipinski definition) is 1. The summed E-state index contributed by atoms with van der Waals surface area (Å²) in [4.78, 5) is 8.53. The molecule has 0 amide bonds. The molecule has 2 heterocycles. The number of aliphatic hydroxyl groups is 1. The number of hydrogen-bond acceptors (Lipinski definition) is 5. The van der Waals surface area contributed by atoms with Crippen molar-refractivity contribution in [1.82, 2.24) is 4.98 Å². The van der Waals surface area contributed by atoms with E-state index >= 15 is 0 Å². The molecule has 1 N–H and O–H groups in total. The number of benzene rings is 1. The van der Waals surface area contributed by atoms with Gasteiger partial charge in [-0.25, -0.2) is 4.98 Å². The number of methoxy groups -OCH3 is 1. The Bertz CT molecular complexity index is 790. The Morgan fingerprint density at radius 2 is 1.92 bits per heavy atom. The summed E-state index contributed by atoms with van der Waals surface area (Å²) < 4.78 is 43.3. The second kappa shape index (κ2) is 6.36. The molecule has 1 aliphatic heterocycles. The molecule has 3 rings (SSSR count). The molecule has 1 aliphatic rings. The van der Waals surface area contributed by atoms with Crippen molar-refractivity contribution in [1.29, 1.82) is 0 Å². The van der Waals surface area contributed by atoms with Gasteiger partial charge in [0.2, 0.25) is 5.88 Å². The van der Waals surface area contributed by atoms with Gasteiger partial charge in [-0.15, -0.1) is 0 Å². The summed E-state index contributed by atoms with van der Waals surface area (Å²) in [5, 5.41) is 12.9. The highest BCUT2D eigenvalue weighted by Crippen LogP contribution is 2.38. The van der Waals surface area contributed by atoms with Crippen LogP contribution in [-0.4, -0.2) is 34.9 Å². The van der Waals surface area contributed by atoms with Crippen LogP contribution < -0.4 is 4.74 Å². The predicted molar refractivity (Wildman–Crippen MR) is 83.3 cm³/mol. The van der Waals surface area contributed by atoms with Crippen molar-refractivity contribution >= 4 is 5.71 Å². The van der Waals surface area contributed by atoms with E-state index in [1.165, 1.54) is 7.11 Å².